The Morgan fingerprint density at radius 1 is 1.24 bits per heavy atom. The summed E-state index contributed by atoms with van der Waals surface area (Å²) < 4.78 is 0. The quantitative estimate of drug-likeness (QED) is 0.814. The van der Waals surface area contributed by atoms with Crippen molar-refractivity contribution in [1.29, 1.82) is 0 Å². The zero-order valence-corrected chi connectivity index (χ0v) is 13.9. The summed E-state index contributed by atoms with van der Waals surface area (Å²) in [5, 5.41) is 14.1. The maximum Gasteiger partial charge on any atom is 0.150 e. The molecule has 0 aliphatic heterocycles. The third kappa shape index (κ3) is 5.44. The molecule has 0 unspecified atom stereocenters. The lowest BCUT2D eigenvalue weighted by Crippen LogP contribution is -2.23. The van der Waals surface area contributed by atoms with Gasteiger partial charge in [-0.3, -0.25) is 0 Å². The minimum absolute atomic E-state index is 0.653. The molecule has 0 bridgehead atoms. The summed E-state index contributed by atoms with van der Waals surface area (Å²) in [5.74, 6) is 1.58. The topological polar surface area (TPSA) is 41.0 Å². The number of likely N-dealkylation sites (N-methyl/N-ethyl adjacent to an activating group) is 1. The Balaban J connectivity index is 1.80. The minimum Gasteiger partial charge on any atom is -0.358 e. The first-order valence-electron chi connectivity index (χ1n) is 7.42. The molecule has 0 amide bonds. The summed E-state index contributed by atoms with van der Waals surface area (Å²) in [6, 6.07) is 8.37. The van der Waals surface area contributed by atoms with Crippen molar-refractivity contribution in [1.82, 2.24) is 15.5 Å². The van der Waals surface area contributed by atoms with Gasteiger partial charge in [-0.05, 0) is 42.5 Å². The van der Waals surface area contributed by atoms with E-state index >= 15 is 0 Å². The van der Waals surface area contributed by atoms with Crippen molar-refractivity contribution in [3.8, 4) is 0 Å². The highest BCUT2D eigenvalue weighted by molar-refractivity contribution is 7.09. The highest BCUT2D eigenvalue weighted by Crippen LogP contribution is 2.12. The second kappa shape index (κ2) is 8.10. The highest BCUT2D eigenvalue weighted by atomic mass is 32.1. The van der Waals surface area contributed by atoms with Gasteiger partial charge >= 0.3 is 0 Å². The van der Waals surface area contributed by atoms with E-state index in [9.17, 15) is 0 Å². The van der Waals surface area contributed by atoms with Gasteiger partial charge in [0, 0.05) is 25.0 Å². The zero-order valence-electron chi connectivity index (χ0n) is 13.0. The second-order valence-electron chi connectivity index (χ2n) is 5.66. The average Bonchev–Trinajstić information content (AvgIpc) is 2.98. The molecule has 0 saturated heterocycles. The fourth-order valence-corrected chi connectivity index (χ4v) is 2.69. The first kappa shape index (κ1) is 15.9. The number of nitrogens with one attached hydrogen (secondary N) is 1. The summed E-state index contributed by atoms with van der Waals surface area (Å²) in [5.41, 5.74) is 0.992. The van der Waals surface area contributed by atoms with Crippen molar-refractivity contribution in [2.75, 3.05) is 25.0 Å². The Morgan fingerprint density at radius 2 is 2.10 bits per heavy atom. The molecule has 0 atom stereocenters. The molecule has 1 N–H and O–H groups in total. The summed E-state index contributed by atoms with van der Waals surface area (Å²) in [4.78, 5) is 3.56. The molecule has 2 aromatic heterocycles. The van der Waals surface area contributed by atoms with Crippen molar-refractivity contribution in [2.45, 2.75) is 26.8 Å². The fourth-order valence-electron chi connectivity index (χ4n) is 1.99. The van der Waals surface area contributed by atoms with E-state index in [4.69, 9.17) is 0 Å². The van der Waals surface area contributed by atoms with E-state index in [-0.39, 0.29) is 0 Å². The SMILES string of the molecule is CC(C)CNCc1ccc(N(C)CCc2cccs2)nn1. The summed E-state index contributed by atoms with van der Waals surface area (Å²) in [7, 11) is 2.06. The molecule has 0 aliphatic carbocycles. The molecule has 21 heavy (non-hydrogen) atoms. The van der Waals surface area contributed by atoms with Crippen LogP contribution in [-0.2, 0) is 13.0 Å². The molecule has 114 valence electrons. The third-order valence-corrected chi connectivity index (χ3v) is 4.17. The maximum atomic E-state index is 4.32. The van der Waals surface area contributed by atoms with E-state index in [0.29, 0.717) is 5.92 Å². The lowest BCUT2D eigenvalue weighted by atomic mass is 10.2. The molecule has 2 rings (SSSR count). The average molecular weight is 304 g/mol. The van der Waals surface area contributed by atoms with Gasteiger partial charge in [0.05, 0.1) is 5.69 Å². The van der Waals surface area contributed by atoms with Crippen molar-refractivity contribution >= 4 is 17.2 Å². The van der Waals surface area contributed by atoms with Crippen LogP contribution >= 0.6 is 11.3 Å². The minimum atomic E-state index is 0.653. The number of rotatable bonds is 8. The van der Waals surface area contributed by atoms with E-state index < -0.39 is 0 Å². The number of thiophene rings is 1. The van der Waals surface area contributed by atoms with E-state index in [1.54, 1.807) is 11.3 Å². The number of aromatic nitrogens is 2. The molecule has 5 heteroatoms. The Labute approximate surface area is 131 Å². The first-order valence-corrected chi connectivity index (χ1v) is 8.30. The number of nitrogens with zero attached hydrogens (tertiary/aromatic N) is 3. The monoisotopic (exact) mass is 304 g/mol. The summed E-state index contributed by atoms with van der Waals surface area (Å²) in [6.07, 6.45) is 1.05. The fraction of sp³-hybridized carbons (Fsp3) is 0.500. The molecule has 0 aromatic carbocycles. The van der Waals surface area contributed by atoms with Crippen molar-refractivity contribution in [2.24, 2.45) is 5.92 Å². The van der Waals surface area contributed by atoms with Crippen molar-refractivity contribution in [3.63, 3.8) is 0 Å². The summed E-state index contributed by atoms with van der Waals surface area (Å²) >= 11 is 1.80. The number of hydrogen-bond acceptors (Lipinski definition) is 5. The van der Waals surface area contributed by atoms with Gasteiger partial charge in [0.2, 0.25) is 0 Å². The van der Waals surface area contributed by atoms with Crippen molar-refractivity contribution < 1.29 is 0 Å². The molecule has 2 heterocycles. The van der Waals surface area contributed by atoms with Gasteiger partial charge in [0.25, 0.3) is 0 Å². The Bertz CT molecular complexity index is 508. The third-order valence-electron chi connectivity index (χ3n) is 3.23. The smallest absolute Gasteiger partial charge is 0.150 e. The largest absolute Gasteiger partial charge is 0.358 e. The first-order chi connectivity index (χ1) is 10.1. The predicted octanol–water partition coefficient (Wildman–Crippen LogP) is 2.96. The lowest BCUT2D eigenvalue weighted by Gasteiger charge is -2.17. The maximum absolute atomic E-state index is 4.32. The van der Waals surface area contributed by atoms with Gasteiger partial charge in [-0.15, -0.1) is 16.4 Å². The van der Waals surface area contributed by atoms with Crippen LogP contribution in [0.4, 0.5) is 5.82 Å². The molecule has 0 radical (unpaired) electrons. The second-order valence-corrected chi connectivity index (χ2v) is 6.69. The van der Waals surface area contributed by atoms with Crippen LogP contribution in [0, 0.1) is 5.92 Å². The van der Waals surface area contributed by atoms with Crippen LogP contribution in [0.15, 0.2) is 29.6 Å². The standard InChI is InChI=1S/C16H24N4S/c1-13(2)11-17-12-14-6-7-16(19-18-14)20(3)9-8-15-5-4-10-21-15/h4-7,10,13,17H,8-9,11-12H2,1-3H3. The molecule has 0 spiro atoms. The van der Waals surface area contributed by atoms with Crippen LogP contribution in [0.2, 0.25) is 0 Å². The van der Waals surface area contributed by atoms with Crippen LogP contribution in [0.25, 0.3) is 0 Å². The molecule has 4 nitrogen and oxygen atoms in total. The highest BCUT2D eigenvalue weighted by Gasteiger charge is 2.05. The number of hydrogen-bond donors (Lipinski definition) is 1. The van der Waals surface area contributed by atoms with Crippen LogP contribution in [0.3, 0.4) is 0 Å². The zero-order chi connectivity index (χ0) is 15.1. The normalized spacial score (nSPS) is 11.0. The van der Waals surface area contributed by atoms with Crippen molar-refractivity contribution in [3.05, 3.63) is 40.2 Å². The van der Waals surface area contributed by atoms with Gasteiger partial charge in [-0.1, -0.05) is 19.9 Å². The Morgan fingerprint density at radius 3 is 2.71 bits per heavy atom. The van der Waals surface area contributed by atoms with Crippen LogP contribution in [0.1, 0.15) is 24.4 Å². The van der Waals surface area contributed by atoms with Crippen LogP contribution in [-0.4, -0.2) is 30.3 Å². The Kier molecular flexibility index (Phi) is 6.14. The summed E-state index contributed by atoms with van der Waals surface area (Å²) in [6.45, 7) is 7.14. The molecule has 0 saturated carbocycles. The molecule has 2 aromatic rings. The van der Waals surface area contributed by atoms with E-state index in [1.807, 2.05) is 6.07 Å². The molecular weight excluding hydrogens is 280 g/mol. The van der Waals surface area contributed by atoms with Gasteiger partial charge in [0.15, 0.2) is 5.82 Å². The predicted molar refractivity (Wildman–Crippen MR) is 89.9 cm³/mol. The van der Waals surface area contributed by atoms with E-state index in [0.717, 1.165) is 37.6 Å². The van der Waals surface area contributed by atoms with Gasteiger partial charge in [-0.2, -0.15) is 5.10 Å². The van der Waals surface area contributed by atoms with Gasteiger partial charge in [-0.25, -0.2) is 0 Å². The van der Waals surface area contributed by atoms with Crippen LogP contribution < -0.4 is 10.2 Å². The number of anilines is 1. The van der Waals surface area contributed by atoms with Gasteiger partial charge in [0.1, 0.15) is 0 Å². The molecule has 0 fully saturated rings. The Hall–Kier alpha value is -1.46. The van der Waals surface area contributed by atoms with Crippen LogP contribution in [0.5, 0.6) is 0 Å². The van der Waals surface area contributed by atoms with Gasteiger partial charge < -0.3 is 10.2 Å². The molecular formula is C16H24N4S. The lowest BCUT2D eigenvalue weighted by molar-refractivity contribution is 0.546. The van der Waals surface area contributed by atoms with E-state index in [1.165, 1.54) is 4.88 Å². The molecule has 0 aliphatic rings. The van der Waals surface area contributed by atoms with E-state index in [2.05, 4.69) is 64.9 Å².